The van der Waals surface area contributed by atoms with Gasteiger partial charge in [0.05, 0.1) is 0 Å². The zero-order valence-corrected chi connectivity index (χ0v) is 10.3. The van der Waals surface area contributed by atoms with Gasteiger partial charge in [0.15, 0.2) is 0 Å². The van der Waals surface area contributed by atoms with Crippen molar-refractivity contribution in [2.45, 2.75) is 47.1 Å². The lowest BCUT2D eigenvalue weighted by atomic mass is 9.90. The molecule has 1 aliphatic rings. The van der Waals surface area contributed by atoms with E-state index in [1.165, 1.54) is 5.84 Å². The molecule has 1 heterocycles. The van der Waals surface area contributed by atoms with Gasteiger partial charge in [-0.2, -0.15) is 0 Å². The first-order valence-corrected chi connectivity index (χ1v) is 5.24. The van der Waals surface area contributed by atoms with Crippen molar-refractivity contribution >= 4 is 5.84 Å². The lowest BCUT2D eigenvalue weighted by Crippen LogP contribution is -2.51. The zero-order valence-electron chi connectivity index (χ0n) is 10.3. The fraction of sp³-hybridized carbons (Fsp3) is 0.750. The van der Waals surface area contributed by atoms with E-state index in [1.807, 2.05) is 6.20 Å². The van der Waals surface area contributed by atoms with Crippen LogP contribution in [0.5, 0.6) is 0 Å². The summed E-state index contributed by atoms with van der Waals surface area (Å²) in [6, 6.07) is 0. The standard InChI is InChI=1S/C12H22N2/c1-11(2,3)10-13-8-7-9-14(10)12(4,5)6/h7-8H,9H2,1-6H3. The van der Waals surface area contributed by atoms with E-state index in [-0.39, 0.29) is 11.0 Å². The highest BCUT2D eigenvalue weighted by atomic mass is 15.3. The quantitative estimate of drug-likeness (QED) is 0.578. The molecule has 0 unspecified atom stereocenters. The molecule has 0 fully saturated rings. The molecule has 0 aliphatic carbocycles. The average Bonchev–Trinajstić information content (AvgIpc) is 2.01. The van der Waals surface area contributed by atoms with Crippen LogP contribution in [-0.2, 0) is 0 Å². The van der Waals surface area contributed by atoms with Gasteiger partial charge < -0.3 is 4.90 Å². The predicted molar refractivity (Wildman–Crippen MR) is 62.5 cm³/mol. The molecule has 1 aliphatic heterocycles. The van der Waals surface area contributed by atoms with Crippen molar-refractivity contribution in [3.05, 3.63) is 12.3 Å². The highest BCUT2D eigenvalue weighted by Gasteiger charge is 2.31. The van der Waals surface area contributed by atoms with Gasteiger partial charge in [0.1, 0.15) is 5.84 Å². The summed E-state index contributed by atoms with van der Waals surface area (Å²) in [6.45, 7) is 14.3. The van der Waals surface area contributed by atoms with Crippen molar-refractivity contribution < 1.29 is 0 Å². The average molecular weight is 194 g/mol. The van der Waals surface area contributed by atoms with E-state index in [0.717, 1.165) is 6.54 Å². The molecule has 0 spiro atoms. The second-order valence-corrected chi connectivity index (χ2v) is 5.87. The van der Waals surface area contributed by atoms with E-state index in [2.05, 4.69) is 57.5 Å². The molecule has 0 aromatic rings. The van der Waals surface area contributed by atoms with Crippen LogP contribution in [0.1, 0.15) is 41.5 Å². The number of hydrogen-bond donors (Lipinski definition) is 0. The van der Waals surface area contributed by atoms with Gasteiger partial charge in [-0.05, 0) is 26.8 Å². The topological polar surface area (TPSA) is 15.6 Å². The van der Waals surface area contributed by atoms with Crippen molar-refractivity contribution in [2.75, 3.05) is 6.54 Å². The van der Waals surface area contributed by atoms with Gasteiger partial charge in [-0.3, -0.25) is 0 Å². The largest absolute Gasteiger partial charge is 0.351 e. The first-order chi connectivity index (χ1) is 6.23. The summed E-state index contributed by atoms with van der Waals surface area (Å²) in [5.41, 5.74) is 0.273. The fourth-order valence-corrected chi connectivity index (χ4v) is 1.62. The zero-order chi connectivity index (χ0) is 11.0. The molecular formula is C12H22N2. The number of nitrogens with zero attached hydrogens (tertiary/aromatic N) is 2. The smallest absolute Gasteiger partial charge is 0.110 e. The summed E-state index contributed by atoms with van der Waals surface area (Å²) >= 11 is 0. The maximum atomic E-state index is 4.51. The molecule has 1 rings (SSSR count). The van der Waals surface area contributed by atoms with E-state index >= 15 is 0 Å². The lowest BCUT2D eigenvalue weighted by molar-refractivity contribution is 0.233. The first-order valence-electron chi connectivity index (χ1n) is 5.24. The summed E-state index contributed by atoms with van der Waals surface area (Å²) in [4.78, 5) is 6.88. The minimum atomic E-state index is 0.123. The Morgan fingerprint density at radius 3 is 2.07 bits per heavy atom. The Kier molecular flexibility index (Phi) is 2.75. The minimum absolute atomic E-state index is 0.123. The molecule has 0 atom stereocenters. The first kappa shape index (κ1) is 11.3. The number of amidine groups is 1. The van der Waals surface area contributed by atoms with Crippen molar-refractivity contribution in [1.29, 1.82) is 0 Å². The highest BCUT2D eigenvalue weighted by Crippen LogP contribution is 2.26. The van der Waals surface area contributed by atoms with Gasteiger partial charge in [-0.1, -0.05) is 20.8 Å². The molecule has 2 heteroatoms. The van der Waals surface area contributed by atoms with Crippen LogP contribution in [0.3, 0.4) is 0 Å². The molecule has 0 saturated heterocycles. The lowest BCUT2D eigenvalue weighted by Gasteiger charge is -2.43. The molecule has 2 nitrogen and oxygen atoms in total. The van der Waals surface area contributed by atoms with E-state index < -0.39 is 0 Å². The van der Waals surface area contributed by atoms with Crippen LogP contribution in [0.25, 0.3) is 0 Å². The van der Waals surface area contributed by atoms with Gasteiger partial charge in [-0.25, -0.2) is 4.99 Å². The number of hydrogen-bond acceptors (Lipinski definition) is 2. The Balaban J connectivity index is 3.00. The van der Waals surface area contributed by atoms with Gasteiger partial charge in [-0.15, -0.1) is 0 Å². The molecule has 0 amide bonds. The Bertz CT molecular complexity index is 261. The highest BCUT2D eigenvalue weighted by molar-refractivity contribution is 5.89. The van der Waals surface area contributed by atoms with Crippen LogP contribution in [0.15, 0.2) is 17.3 Å². The Labute approximate surface area is 87.7 Å². The van der Waals surface area contributed by atoms with E-state index in [0.29, 0.717) is 0 Å². The van der Waals surface area contributed by atoms with Crippen molar-refractivity contribution in [3.8, 4) is 0 Å². The Hall–Kier alpha value is -0.790. The van der Waals surface area contributed by atoms with Crippen LogP contribution < -0.4 is 0 Å². The Morgan fingerprint density at radius 1 is 1.14 bits per heavy atom. The number of aliphatic imine (C=N–C) groups is 1. The van der Waals surface area contributed by atoms with Crippen molar-refractivity contribution in [3.63, 3.8) is 0 Å². The van der Waals surface area contributed by atoms with Crippen molar-refractivity contribution in [1.82, 2.24) is 4.90 Å². The summed E-state index contributed by atoms with van der Waals surface area (Å²) in [5, 5.41) is 0. The predicted octanol–water partition coefficient (Wildman–Crippen LogP) is 3.06. The monoisotopic (exact) mass is 194 g/mol. The fourth-order valence-electron chi connectivity index (χ4n) is 1.62. The van der Waals surface area contributed by atoms with Crippen LogP contribution in [0.4, 0.5) is 0 Å². The third kappa shape index (κ3) is 2.37. The van der Waals surface area contributed by atoms with Crippen LogP contribution >= 0.6 is 0 Å². The van der Waals surface area contributed by atoms with E-state index in [9.17, 15) is 0 Å². The van der Waals surface area contributed by atoms with Crippen LogP contribution in [0.2, 0.25) is 0 Å². The number of rotatable bonds is 0. The molecule has 14 heavy (non-hydrogen) atoms. The summed E-state index contributed by atoms with van der Waals surface area (Å²) in [7, 11) is 0. The van der Waals surface area contributed by atoms with Gasteiger partial charge in [0, 0.05) is 23.7 Å². The molecule has 0 aromatic heterocycles. The van der Waals surface area contributed by atoms with Crippen LogP contribution in [-0.4, -0.2) is 22.8 Å². The van der Waals surface area contributed by atoms with Gasteiger partial charge in [0.25, 0.3) is 0 Å². The third-order valence-corrected chi connectivity index (χ3v) is 2.33. The summed E-state index contributed by atoms with van der Waals surface area (Å²) < 4.78 is 0. The van der Waals surface area contributed by atoms with E-state index in [4.69, 9.17) is 0 Å². The van der Waals surface area contributed by atoms with Crippen LogP contribution in [0, 0.1) is 5.41 Å². The maximum absolute atomic E-state index is 4.51. The molecule has 0 radical (unpaired) electrons. The molecule has 0 aromatic carbocycles. The molecule has 0 saturated carbocycles. The van der Waals surface area contributed by atoms with E-state index in [1.54, 1.807) is 0 Å². The Morgan fingerprint density at radius 2 is 1.71 bits per heavy atom. The minimum Gasteiger partial charge on any atom is -0.351 e. The molecule has 0 bridgehead atoms. The molecule has 80 valence electrons. The normalized spacial score (nSPS) is 18.4. The third-order valence-electron chi connectivity index (χ3n) is 2.33. The van der Waals surface area contributed by atoms with Crippen molar-refractivity contribution in [2.24, 2.45) is 10.4 Å². The molecule has 0 N–H and O–H groups in total. The summed E-state index contributed by atoms with van der Waals surface area (Å²) in [5.74, 6) is 1.19. The second kappa shape index (κ2) is 3.41. The molecular weight excluding hydrogens is 172 g/mol. The second-order valence-electron chi connectivity index (χ2n) is 5.87. The summed E-state index contributed by atoms with van der Waals surface area (Å²) in [6.07, 6.45) is 4.03. The maximum Gasteiger partial charge on any atom is 0.110 e. The van der Waals surface area contributed by atoms with Gasteiger partial charge in [0.2, 0.25) is 0 Å². The SMILES string of the molecule is CC(C)(C)C1=NC=CCN1C(C)(C)C. The van der Waals surface area contributed by atoms with Gasteiger partial charge >= 0.3 is 0 Å².